The first-order valence-corrected chi connectivity index (χ1v) is 8.83. The van der Waals surface area contributed by atoms with Gasteiger partial charge in [0.2, 0.25) is 5.91 Å². The van der Waals surface area contributed by atoms with Crippen molar-refractivity contribution in [2.75, 3.05) is 19.4 Å². The van der Waals surface area contributed by atoms with E-state index < -0.39 is 0 Å². The third-order valence-electron chi connectivity index (χ3n) is 3.82. The van der Waals surface area contributed by atoms with E-state index in [1.807, 2.05) is 42.6 Å². The van der Waals surface area contributed by atoms with Crippen LogP contribution >= 0.6 is 11.8 Å². The zero-order chi connectivity index (χ0) is 16.8. The van der Waals surface area contributed by atoms with E-state index in [0.717, 1.165) is 22.6 Å². The Hall–Kier alpha value is -2.40. The van der Waals surface area contributed by atoms with Crippen molar-refractivity contribution < 1.29 is 9.53 Å². The number of para-hydroxylation sites is 1. The first kappa shape index (κ1) is 16.5. The maximum Gasteiger partial charge on any atom is 0.230 e. The molecule has 2 aromatic carbocycles. The van der Waals surface area contributed by atoms with Crippen molar-refractivity contribution in [3.05, 3.63) is 60.3 Å². The summed E-state index contributed by atoms with van der Waals surface area (Å²) in [5, 5.41) is 4.20. The van der Waals surface area contributed by atoms with Crippen molar-refractivity contribution in [1.29, 1.82) is 0 Å². The van der Waals surface area contributed by atoms with Gasteiger partial charge in [-0.15, -0.1) is 11.8 Å². The highest BCUT2D eigenvalue weighted by molar-refractivity contribution is 8.00. The molecule has 3 aromatic rings. The van der Waals surface area contributed by atoms with Gasteiger partial charge in [0.15, 0.2) is 0 Å². The average Bonchev–Trinajstić information content (AvgIpc) is 3.04. The van der Waals surface area contributed by atoms with E-state index in [0.29, 0.717) is 12.3 Å². The lowest BCUT2D eigenvalue weighted by Gasteiger charge is -2.06. The fourth-order valence-corrected chi connectivity index (χ4v) is 3.28. The molecule has 0 bridgehead atoms. The standard InChI is InChI=1S/C19H20N2O2S/c1-23-15-6-8-16(9-7-15)24-13-19(22)20-11-10-14-12-21-18-5-3-2-4-17(14)18/h2-9,12,21H,10-11,13H2,1H3,(H,20,22). The van der Waals surface area contributed by atoms with Crippen LogP contribution in [0.4, 0.5) is 0 Å². The Bertz CT molecular complexity index is 812. The quantitative estimate of drug-likeness (QED) is 0.646. The third kappa shape index (κ3) is 4.11. The number of fused-ring (bicyclic) bond motifs is 1. The van der Waals surface area contributed by atoms with Gasteiger partial charge in [0, 0.05) is 28.5 Å². The second-order valence-electron chi connectivity index (χ2n) is 5.42. The molecule has 3 rings (SSSR count). The summed E-state index contributed by atoms with van der Waals surface area (Å²) in [4.78, 5) is 16.3. The molecule has 0 aliphatic carbocycles. The Morgan fingerprint density at radius 3 is 2.75 bits per heavy atom. The van der Waals surface area contributed by atoms with Crippen LogP contribution in [0.5, 0.6) is 5.75 Å². The second-order valence-corrected chi connectivity index (χ2v) is 6.47. The molecule has 0 fully saturated rings. The van der Waals surface area contributed by atoms with Crippen molar-refractivity contribution in [2.45, 2.75) is 11.3 Å². The Morgan fingerprint density at radius 1 is 1.17 bits per heavy atom. The highest BCUT2D eigenvalue weighted by atomic mass is 32.2. The molecule has 24 heavy (non-hydrogen) atoms. The van der Waals surface area contributed by atoms with Gasteiger partial charge in [0.25, 0.3) is 0 Å². The summed E-state index contributed by atoms with van der Waals surface area (Å²) in [6.07, 6.45) is 2.84. The lowest BCUT2D eigenvalue weighted by molar-refractivity contribution is -0.118. The molecule has 0 saturated heterocycles. The van der Waals surface area contributed by atoms with Crippen LogP contribution in [0.15, 0.2) is 59.6 Å². The topological polar surface area (TPSA) is 54.1 Å². The van der Waals surface area contributed by atoms with Crippen molar-refractivity contribution in [3.63, 3.8) is 0 Å². The van der Waals surface area contributed by atoms with E-state index >= 15 is 0 Å². The van der Waals surface area contributed by atoms with Crippen molar-refractivity contribution in [3.8, 4) is 5.75 Å². The second kappa shape index (κ2) is 7.93. The molecule has 4 nitrogen and oxygen atoms in total. The van der Waals surface area contributed by atoms with E-state index in [1.54, 1.807) is 7.11 Å². The van der Waals surface area contributed by atoms with E-state index in [1.165, 1.54) is 22.7 Å². The van der Waals surface area contributed by atoms with E-state index in [-0.39, 0.29) is 5.91 Å². The molecule has 0 atom stereocenters. The fraction of sp³-hybridized carbons (Fsp3) is 0.211. The van der Waals surface area contributed by atoms with Gasteiger partial charge in [-0.25, -0.2) is 0 Å². The molecule has 0 spiro atoms. The monoisotopic (exact) mass is 340 g/mol. The number of aromatic nitrogens is 1. The Labute approximate surface area is 145 Å². The van der Waals surface area contributed by atoms with Crippen LogP contribution in [0.2, 0.25) is 0 Å². The zero-order valence-corrected chi connectivity index (χ0v) is 14.4. The summed E-state index contributed by atoms with van der Waals surface area (Å²) in [5.41, 5.74) is 2.36. The van der Waals surface area contributed by atoms with Crippen molar-refractivity contribution >= 4 is 28.6 Å². The molecule has 0 radical (unpaired) electrons. The van der Waals surface area contributed by atoms with Crippen LogP contribution in [0.3, 0.4) is 0 Å². The SMILES string of the molecule is COc1ccc(SCC(=O)NCCc2c[nH]c3ccccc23)cc1. The normalized spacial score (nSPS) is 10.7. The predicted molar refractivity (Wildman–Crippen MR) is 98.7 cm³/mol. The summed E-state index contributed by atoms with van der Waals surface area (Å²) >= 11 is 1.52. The average molecular weight is 340 g/mol. The number of nitrogens with one attached hydrogen (secondary N) is 2. The first-order chi connectivity index (χ1) is 11.8. The highest BCUT2D eigenvalue weighted by Crippen LogP contribution is 2.21. The molecule has 0 aliphatic heterocycles. The van der Waals surface area contributed by atoms with Gasteiger partial charge >= 0.3 is 0 Å². The predicted octanol–water partition coefficient (Wildman–Crippen LogP) is 3.63. The highest BCUT2D eigenvalue weighted by Gasteiger charge is 2.05. The lowest BCUT2D eigenvalue weighted by Crippen LogP contribution is -2.27. The molecule has 124 valence electrons. The molecule has 5 heteroatoms. The van der Waals surface area contributed by atoms with E-state index in [9.17, 15) is 4.79 Å². The molecule has 1 aromatic heterocycles. The molecule has 0 unspecified atom stereocenters. The number of hydrogen-bond donors (Lipinski definition) is 2. The molecular formula is C19H20N2O2S. The number of rotatable bonds is 7. The minimum absolute atomic E-state index is 0.0515. The van der Waals surface area contributed by atoms with Gasteiger partial charge < -0.3 is 15.0 Å². The van der Waals surface area contributed by atoms with Crippen LogP contribution in [0, 0.1) is 0 Å². The Morgan fingerprint density at radius 2 is 1.96 bits per heavy atom. The number of H-pyrrole nitrogens is 1. The van der Waals surface area contributed by atoms with Gasteiger partial charge in [-0.3, -0.25) is 4.79 Å². The lowest BCUT2D eigenvalue weighted by atomic mass is 10.1. The third-order valence-corrected chi connectivity index (χ3v) is 4.83. The minimum Gasteiger partial charge on any atom is -0.497 e. The molecule has 1 amide bonds. The molecule has 0 saturated carbocycles. The van der Waals surface area contributed by atoms with Crippen LogP contribution in [0.1, 0.15) is 5.56 Å². The summed E-state index contributed by atoms with van der Waals surface area (Å²) in [6, 6.07) is 15.9. The number of carbonyl (C=O) groups excluding carboxylic acids is 1. The molecule has 0 aliphatic rings. The van der Waals surface area contributed by atoms with Gasteiger partial charge in [0.05, 0.1) is 12.9 Å². The minimum atomic E-state index is 0.0515. The largest absolute Gasteiger partial charge is 0.497 e. The first-order valence-electron chi connectivity index (χ1n) is 7.85. The van der Waals surface area contributed by atoms with Gasteiger partial charge in [-0.2, -0.15) is 0 Å². The number of amides is 1. The van der Waals surface area contributed by atoms with E-state index in [4.69, 9.17) is 4.74 Å². The van der Waals surface area contributed by atoms with Gasteiger partial charge in [-0.05, 0) is 42.3 Å². The van der Waals surface area contributed by atoms with Crippen molar-refractivity contribution in [1.82, 2.24) is 10.3 Å². The zero-order valence-electron chi connectivity index (χ0n) is 13.5. The number of thioether (sulfide) groups is 1. The van der Waals surface area contributed by atoms with Crippen LogP contribution < -0.4 is 10.1 Å². The number of methoxy groups -OCH3 is 1. The number of aromatic amines is 1. The number of hydrogen-bond acceptors (Lipinski definition) is 3. The maximum atomic E-state index is 12.0. The van der Waals surface area contributed by atoms with Crippen LogP contribution in [-0.2, 0) is 11.2 Å². The number of benzene rings is 2. The number of ether oxygens (including phenoxy) is 1. The maximum absolute atomic E-state index is 12.0. The smallest absolute Gasteiger partial charge is 0.230 e. The van der Waals surface area contributed by atoms with Crippen LogP contribution in [-0.4, -0.2) is 30.3 Å². The molecule has 1 heterocycles. The van der Waals surface area contributed by atoms with Crippen molar-refractivity contribution in [2.24, 2.45) is 0 Å². The summed E-state index contributed by atoms with van der Waals surface area (Å²) in [6.45, 7) is 0.643. The summed E-state index contributed by atoms with van der Waals surface area (Å²) in [5.74, 6) is 1.29. The molecule has 2 N–H and O–H groups in total. The summed E-state index contributed by atoms with van der Waals surface area (Å²) < 4.78 is 5.12. The van der Waals surface area contributed by atoms with E-state index in [2.05, 4.69) is 22.4 Å². The van der Waals surface area contributed by atoms with Crippen LogP contribution in [0.25, 0.3) is 10.9 Å². The van der Waals surface area contributed by atoms with Gasteiger partial charge in [0.1, 0.15) is 5.75 Å². The fourth-order valence-electron chi connectivity index (χ4n) is 2.55. The van der Waals surface area contributed by atoms with Gasteiger partial charge in [-0.1, -0.05) is 18.2 Å². The molecular weight excluding hydrogens is 320 g/mol. The Balaban J connectivity index is 1.44. The number of carbonyl (C=O) groups is 1. The Kier molecular flexibility index (Phi) is 5.43. The summed E-state index contributed by atoms with van der Waals surface area (Å²) in [7, 11) is 1.64.